The average molecular weight is 225 g/mol. The molecule has 0 saturated carbocycles. The van der Waals surface area contributed by atoms with E-state index in [1.807, 2.05) is 11.0 Å². The highest BCUT2D eigenvalue weighted by Crippen LogP contribution is 2.32. The van der Waals surface area contributed by atoms with E-state index in [9.17, 15) is 9.59 Å². The van der Waals surface area contributed by atoms with Crippen molar-refractivity contribution in [2.24, 2.45) is 0 Å². The molecule has 80 valence electrons. The molecule has 1 unspecified atom stereocenters. The van der Waals surface area contributed by atoms with E-state index >= 15 is 0 Å². The fraction of sp³-hybridized carbons (Fsp3) is 0.400. The van der Waals surface area contributed by atoms with E-state index in [0.717, 1.165) is 24.3 Å². The molecule has 1 aromatic rings. The molecular weight excluding hydrogens is 214 g/mol. The zero-order valence-electron chi connectivity index (χ0n) is 8.30. The minimum Gasteiger partial charge on any atom is -0.467 e. The molecule has 0 N–H and O–H groups in total. The molecule has 2 heterocycles. The number of aldehydes is 1. The quantitative estimate of drug-likeness (QED) is 0.575. The van der Waals surface area contributed by atoms with Crippen LogP contribution in [0.25, 0.3) is 0 Å². The summed E-state index contributed by atoms with van der Waals surface area (Å²) in [7, 11) is 1.39. The van der Waals surface area contributed by atoms with Gasteiger partial charge in [-0.2, -0.15) is 0 Å². The molecule has 0 aliphatic carbocycles. The summed E-state index contributed by atoms with van der Waals surface area (Å²) in [5.41, 5.74) is 0. The zero-order valence-corrected chi connectivity index (χ0v) is 9.12. The number of ether oxygens (including phenoxy) is 1. The van der Waals surface area contributed by atoms with E-state index in [1.165, 1.54) is 18.4 Å². The van der Waals surface area contributed by atoms with Crippen LogP contribution in [0.2, 0.25) is 0 Å². The van der Waals surface area contributed by atoms with Crippen molar-refractivity contribution in [3.05, 3.63) is 17.0 Å². The highest BCUT2D eigenvalue weighted by atomic mass is 32.1. The van der Waals surface area contributed by atoms with Gasteiger partial charge in [0, 0.05) is 6.54 Å². The van der Waals surface area contributed by atoms with E-state index in [4.69, 9.17) is 4.74 Å². The first kappa shape index (κ1) is 10.2. The van der Waals surface area contributed by atoms with Crippen molar-refractivity contribution in [3.63, 3.8) is 0 Å². The van der Waals surface area contributed by atoms with Gasteiger partial charge in [-0.3, -0.25) is 4.79 Å². The maximum Gasteiger partial charge on any atom is 0.328 e. The summed E-state index contributed by atoms with van der Waals surface area (Å²) in [6.45, 7) is 0.846. The Labute approximate surface area is 91.5 Å². The lowest BCUT2D eigenvalue weighted by molar-refractivity contribution is -0.143. The number of carbonyl (C=O) groups excluding carboxylic acids is 2. The van der Waals surface area contributed by atoms with Gasteiger partial charge in [0.15, 0.2) is 6.29 Å². The molecule has 0 radical (unpaired) electrons. The van der Waals surface area contributed by atoms with Gasteiger partial charge in [0.2, 0.25) is 0 Å². The van der Waals surface area contributed by atoms with E-state index in [-0.39, 0.29) is 12.0 Å². The second-order valence-corrected chi connectivity index (χ2v) is 4.41. The maximum atomic E-state index is 11.3. The van der Waals surface area contributed by atoms with Crippen LogP contribution in [-0.4, -0.2) is 32.0 Å². The predicted octanol–water partition coefficient (Wildman–Crippen LogP) is 1.31. The van der Waals surface area contributed by atoms with Gasteiger partial charge in [-0.15, -0.1) is 11.3 Å². The van der Waals surface area contributed by atoms with E-state index in [2.05, 4.69) is 0 Å². The summed E-state index contributed by atoms with van der Waals surface area (Å²) in [5, 5.41) is 0.957. The SMILES string of the molecule is COC(=O)C1CCN1c1ccc(C=O)s1. The summed E-state index contributed by atoms with van der Waals surface area (Å²) < 4.78 is 4.69. The van der Waals surface area contributed by atoms with Crippen LogP contribution >= 0.6 is 11.3 Å². The van der Waals surface area contributed by atoms with Crippen LogP contribution in [0.4, 0.5) is 5.00 Å². The van der Waals surface area contributed by atoms with Crippen LogP contribution in [0.5, 0.6) is 0 Å². The molecule has 1 saturated heterocycles. The lowest BCUT2D eigenvalue weighted by Crippen LogP contribution is -2.52. The van der Waals surface area contributed by atoms with Crippen LogP contribution in [0.1, 0.15) is 16.1 Å². The average Bonchev–Trinajstić information content (AvgIpc) is 2.64. The fourth-order valence-electron chi connectivity index (χ4n) is 1.59. The molecule has 2 rings (SSSR count). The third-order valence-corrected chi connectivity index (χ3v) is 3.55. The number of hydrogen-bond acceptors (Lipinski definition) is 5. The Kier molecular flexibility index (Phi) is 2.73. The molecule has 5 heteroatoms. The standard InChI is InChI=1S/C10H11NO3S/c1-14-10(13)8-4-5-11(8)9-3-2-7(6-12)15-9/h2-3,6,8H,4-5H2,1H3. The Morgan fingerprint density at radius 2 is 2.47 bits per heavy atom. The van der Waals surface area contributed by atoms with E-state index < -0.39 is 0 Å². The fourth-order valence-corrected chi connectivity index (χ4v) is 2.49. The molecule has 0 spiro atoms. The highest BCUT2D eigenvalue weighted by Gasteiger charge is 2.35. The molecule has 1 atom stereocenters. The number of anilines is 1. The molecular formula is C10H11NO3S. The Morgan fingerprint density at radius 3 is 2.93 bits per heavy atom. The van der Waals surface area contributed by atoms with Gasteiger partial charge < -0.3 is 9.64 Å². The van der Waals surface area contributed by atoms with Gasteiger partial charge in [-0.25, -0.2) is 4.79 Å². The molecule has 0 bridgehead atoms. The first-order chi connectivity index (χ1) is 7.26. The Hall–Kier alpha value is -1.36. The number of nitrogens with zero attached hydrogens (tertiary/aromatic N) is 1. The van der Waals surface area contributed by atoms with Crippen molar-refractivity contribution in [2.75, 3.05) is 18.6 Å². The monoisotopic (exact) mass is 225 g/mol. The normalized spacial score (nSPS) is 19.5. The highest BCUT2D eigenvalue weighted by molar-refractivity contribution is 7.17. The largest absolute Gasteiger partial charge is 0.467 e. The van der Waals surface area contributed by atoms with Crippen molar-refractivity contribution >= 4 is 28.6 Å². The second-order valence-electron chi connectivity index (χ2n) is 3.31. The summed E-state index contributed by atoms with van der Waals surface area (Å²) >= 11 is 1.40. The predicted molar refractivity (Wildman–Crippen MR) is 57.5 cm³/mol. The van der Waals surface area contributed by atoms with Gasteiger partial charge in [0.25, 0.3) is 0 Å². The van der Waals surface area contributed by atoms with E-state index in [0.29, 0.717) is 4.88 Å². The first-order valence-electron chi connectivity index (χ1n) is 4.65. The van der Waals surface area contributed by atoms with Crippen LogP contribution in [0, 0.1) is 0 Å². The third-order valence-electron chi connectivity index (χ3n) is 2.50. The van der Waals surface area contributed by atoms with Crippen molar-refractivity contribution in [1.29, 1.82) is 0 Å². The Bertz CT molecular complexity index is 388. The van der Waals surface area contributed by atoms with Crippen LogP contribution < -0.4 is 4.90 Å². The molecule has 1 aromatic heterocycles. The van der Waals surface area contributed by atoms with Crippen LogP contribution in [-0.2, 0) is 9.53 Å². The van der Waals surface area contributed by atoms with Gasteiger partial charge in [0.1, 0.15) is 6.04 Å². The van der Waals surface area contributed by atoms with Crippen molar-refractivity contribution < 1.29 is 14.3 Å². The second kappa shape index (κ2) is 4.02. The molecule has 4 nitrogen and oxygen atoms in total. The van der Waals surface area contributed by atoms with Crippen molar-refractivity contribution in [1.82, 2.24) is 0 Å². The lowest BCUT2D eigenvalue weighted by atomic mass is 10.0. The Balaban J connectivity index is 2.11. The molecule has 1 aliphatic rings. The third kappa shape index (κ3) is 1.74. The van der Waals surface area contributed by atoms with Gasteiger partial charge in [-0.05, 0) is 18.6 Å². The zero-order chi connectivity index (χ0) is 10.8. The topological polar surface area (TPSA) is 46.6 Å². The smallest absolute Gasteiger partial charge is 0.328 e. The maximum absolute atomic E-state index is 11.3. The molecule has 0 amide bonds. The van der Waals surface area contributed by atoms with Crippen molar-refractivity contribution in [3.8, 4) is 0 Å². The van der Waals surface area contributed by atoms with Crippen molar-refractivity contribution in [2.45, 2.75) is 12.5 Å². The summed E-state index contributed by atoms with van der Waals surface area (Å²) in [6.07, 6.45) is 1.64. The summed E-state index contributed by atoms with van der Waals surface area (Å²) in [5.74, 6) is -0.206. The lowest BCUT2D eigenvalue weighted by Gasteiger charge is -2.39. The molecule has 1 fully saturated rings. The number of carbonyl (C=O) groups is 2. The summed E-state index contributed by atoms with van der Waals surface area (Å²) in [4.78, 5) is 24.5. The van der Waals surface area contributed by atoms with Crippen LogP contribution in [0.15, 0.2) is 12.1 Å². The number of rotatable bonds is 3. The van der Waals surface area contributed by atoms with E-state index in [1.54, 1.807) is 6.07 Å². The molecule has 15 heavy (non-hydrogen) atoms. The molecule has 0 aromatic carbocycles. The number of methoxy groups -OCH3 is 1. The van der Waals surface area contributed by atoms with Gasteiger partial charge in [0.05, 0.1) is 17.0 Å². The van der Waals surface area contributed by atoms with Crippen LogP contribution in [0.3, 0.4) is 0 Å². The van der Waals surface area contributed by atoms with Gasteiger partial charge >= 0.3 is 5.97 Å². The molecule has 1 aliphatic heterocycles. The minimum atomic E-state index is -0.206. The number of esters is 1. The summed E-state index contributed by atoms with van der Waals surface area (Å²) in [6, 6.07) is 3.46. The Morgan fingerprint density at radius 1 is 1.67 bits per heavy atom. The minimum absolute atomic E-state index is 0.173. The first-order valence-corrected chi connectivity index (χ1v) is 5.47. The number of thiophene rings is 1. The van der Waals surface area contributed by atoms with Gasteiger partial charge in [-0.1, -0.05) is 0 Å². The number of hydrogen-bond donors (Lipinski definition) is 0.